The average molecular weight is 336 g/mol. The maximum atomic E-state index is 11.6. The fourth-order valence-electron chi connectivity index (χ4n) is 2.02. The standard InChI is InChI=1S/C15H20N4O3S/c1-10(8-20)17-14-7-13(9-23(2,21)22)18-15(19-14)11-4-3-5-12(16)6-11/h3-7,10,20H,8-9,16H2,1-2H3,(H,17,18,19). The number of aliphatic hydroxyl groups is 1. The number of nitrogens with zero attached hydrogens (tertiary/aromatic N) is 2. The lowest BCUT2D eigenvalue weighted by atomic mass is 10.2. The van der Waals surface area contributed by atoms with Gasteiger partial charge in [0.2, 0.25) is 0 Å². The van der Waals surface area contributed by atoms with Crippen LogP contribution in [0.4, 0.5) is 11.5 Å². The van der Waals surface area contributed by atoms with Crippen LogP contribution < -0.4 is 11.1 Å². The molecule has 1 unspecified atom stereocenters. The molecule has 2 aromatic rings. The molecule has 0 aliphatic rings. The lowest BCUT2D eigenvalue weighted by molar-refractivity contribution is 0.281. The molecule has 2 rings (SSSR count). The molecule has 124 valence electrons. The number of hydrogen-bond donors (Lipinski definition) is 3. The number of aromatic nitrogens is 2. The van der Waals surface area contributed by atoms with E-state index >= 15 is 0 Å². The summed E-state index contributed by atoms with van der Waals surface area (Å²) < 4.78 is 23.1. The normalized spacial score (nSPS) is 12.8. The van der Waals surface area contributed by atoms with Gasteiger partial charge in [0, 0.05) is 29.6 Å². The Hall–Kier alpha value is -2.19. The smallest absolute Gasteiger partial charge is 0.161 e. The molecule has 8 heteroatoms. The molecule has 0 spiro atoms. The average Bonchev–Trinajstić information content (AvgIpc) is 2.45. The Morgan fingerprint density at radius 2 is 2.04 bits per heavy atom. The number of benzene rings is 1. The lowest BCUT2D eigenvalue weighted by Gasteiger charge is -2.14. The number of rotatable bonds is 6. The van der Waals surface area contributed by atoms with Crippen molar-refractivity contribution in [2.45, 2.75) is 18.7 Å². The van der Waals surface area contributed by atoms with Crippen molar-refractivity contribution in [2.24, 2.45) is 0 Å². The molecule has 0 amide bonds. The van der Waals surface area contributed by atoms with Crippen molar-refractivity contribution in [3.63, 3.8) is 0 Å². The number of sulfone groups is 1. The number of anilines is 2. The molecule has 1 atom stereocenters. The van der Waals surface area contributed by atoms with E-state index in [2.05, 4.69) is 15.3 Å². The van der Waals surface area contributed by atoms with Crippen LogP contribution in [0.2, 0.25) is 0 Å². The van der Waals surface area contributed by atoms with Crippen molar-refractivity contribution in [3.05, 3.63) is 36.0 Å². The van der Waals surface area contributed by atoms with Gasteiger partial charge in [-0.25, -0.2) is 18.4 Å². The lowest BCUT2D eigenvalue weighted by Crippen LogP contribution is -2.20. The summed E-state index contributed by atoms with van der Waals surface area (Å²) in [6, 6.07) is 8.40. The molecule has 7 nitrogen and oxygen atoms in total. The molecule has 0 saturated heterocycles. The maximum Gasteiger partial charge on any atom is 0.161 e. The zero-order valence-corrected chi connectivity index (χ0v) is 13.8. The minimum Gasteiger partial charge on any atom is -0.399 e. The fraction of sp³-hybridized carbons (Fsp3) is 0.333. The molecule has 4 N–H and O–H groups in total. The molecule has 0 fully saturated rings. The molecule has 0 aliphatic carbocycles. The molecule has 1 heterocycles. The molecular formula is C15H20N4O3S. The highest BCUT2D eigenvalue weighted by atomic mass is 32.2. The highest BCUT2D eigenvalue weighted by molar-refractivity contribution is 7.89. The van der Waals surface area contributed by atoms with Gasteiger partial charge in [-0.2, -0.15) is 0 Å². The van der Waals surface area contributed by atoms with E-state index in [9.17, 15) is 8.42 Å². The van der Waals surface area contributed by atoms with Crippen molar-refractivity contribution in [1.29, 1.82) is 0 Å². The second-order valence-electron chi connectivity index (χ2n) is 5.49. The number of nitrogens with one attached hydrogen (secondary N) is 1. The van der Waals surface area contributed by atoms with Gasteiger partial charge in [0.05, 0.1) is 18.1 Å². The van der Waals surface area contributed by atoms with E-state index < -0.39 is 9.84 Å². The molecule has 23 heavy (non-hydrogen) atoms. The number of hydrogen-bond acceptors (Lipinski definition) is 7. The predicted molar refractivity (Wildman–Crippen MR) is 90.6 cm³/mol. The Morgan fingerprint density at radius 1 is 1.30 bits per heavy atom. The summed E-state index contributed by atoms with van der Waals surface area (Å²) in [7, 11) is -3.23. The minimum absolute atomic E-state index is 0.0704. The third kappa shape index (κ3) is 5.19. The van der Waals surface area contributed by atoms with Crippen LogP contribution in [0.15, 0.2) is 30.3 Å². The Morgan fingerprint density at radius 3 is 2.65 bits per heavy atom. The molecule has 0 saturated carbocycles. The molecule has 1 aromatic carbocycles. The van der Waals surface area contributed by atoms with Crippen LogP contribution in [-0.4, -0.2) is 42.4 Å². The van der Waals surface area contributed by atoms with E-state index in [1.54, 1.807) is 37.3 Å². The van der Waals surface area contributed by atoms with Crippen molar-refractivity contribution in [2.75, 3.05) is 23.9 Å². The summed E-state index contributed by atoms with van der Waals surface area (Å²) in [6.45, 7) is 1.72. The number of nitrogens with two attached hydrogens (primary N) is 1. The number of nitrogen functional groups attached to an aromatic ring is 1. The molecule has 1 aromatic heterocycles. The van der Waals surface area contributed by atoms with E-state index in [-0.39, 0.29) is 18.4 Å². The van der Waals surface area contributed by atoms with Gasteiger partial charge in [0.25, 0.3) is 0 Å². The van der Waals surface area contributed by atoms with E-state index in [0.29, 0.717) is 28.6 Å². The highest BCUT2D eigenvalue weighted by Gasteiger charge is 2.13. The van der Waals surface area contributed by atoms with Crippen LogP contribution >= 0.6 is 0 Å². The first-order chi connectivity index (χ1) is 10.8. The summed E-state index contributed by atoms with van der Waals surface area (Å²) in [4.78, 5) is 8.69. The summed E-state index contributed by atoms with van der Waals surface area (Å²) in [5.41, 5.74) is 7.42. The van der Waals surface area contributed by atoms with Crippen LogP contribution in [0.5, 0.6) is 0 Å². The minimum atomic E-state index is -3.23. The predicted octanol–water partition coefficient (Wildman–Crippen LogP) is 1.06. The Balaban J connectivity index is 2.48. The van der Waals surface area contributed by atoms with Gasteiger partial charge >= 0.3 is 0 Å². The van der Waals surface area contributed by atoms with E-state index in [0.717, 1.165) is 6.26 Å². The zero-order valence-electron chi connectivity index (χ0n) is 13.0. The summed E-state index contributed by atoms with van der Waals surface area (Å²) in [6.07, 6.45) is 1.15. The van der Waals surface area contributed by atoms with Crippen LogP contribution in [-0.2, 0) is 15.6 Å². The van der Waals surface area contributed by atoms with Gasteiger partial charge in [-0.05, 0) is 19.1 Å². The highest BCUT2D eigenvalue weighted by Crippen LogP contribution is 2.21. The van der Waals surface area contributed by atoms with Gasteiger partial charge in [-0.3, -0.25) is 0 Å². The SMILES string of the molecule is CC(CO)Nc1cc(CS(C)(=O)=O)nc(-c2cccc(N)c2)n1. The van der Waals surface area contributed by atoms with Crippen molar-refractivity contribution >= 4 is 21.3 Å². The van der Waals surface area contributed by atoms with Crippen molar-refractivity contribution in [1.82, 2.24) is 9.97 Å². The first-order valence-electron chi connectivity index (χ1n) is 7.06. The summed E-state index contributed by atoms with van der Waals surface area (Å²) in [5, 5.41) is 12.2. The van der Waals surface area contributed by atoms with Crippen molar-refractivity contribution < 1.29 is 13.5 Å². The van der Waals surface area contributed by atoms with Crippen LogP contribution in [0.3, 0.4) is 0 Å². The van der Waals surface area contributed by atoms with Gasteiger partial charge in [0.15, 0.2) is 15.7 Å². The van der Waals surface area contributed by atoms with E-state index in [4.69, 9.17) is 10.8 Å². The summed E-state index contributed by atoms with van der Waals surface area (Å²) >= 11 is 0. The van der Waals surface area contributed by atoms with Crippen molar-refractivity contribution in [3.8, 4) is 11.4 Å². The topological polar surface area (TPSA) is 118 Å². The maximum absolute atomic E-state index is 11.6. The van der Waals surface area contributed by atoms with Gasteiger partial charge in [0.1, 0.15) is 5.82 Å². The van der Waals surface area contributed by atoms with Gasteiger partial charge in [-0.1, -0.05) is 12.1 Å². The van der Waals surface area contributed by atoms with Crippen LogP contribution in [0.25, 0.3) is 11.4 Å². The zero-order chi connectivity index (χ0) is 17.0. The fourth-order valence-corrected chi connectivity index (χ4v) is 2.70. The molecular weight excluding hydrogens is 316 g/mol. The van der Waals surface area contributed by atoms with E-state index in [1.165, 1.54) is 0 Å². The Kier molecular flexibility index (Phi) is 5.17. The quantitative estimate of drug-likeness (QED) is 0.675. The third-order valence-electron chi connectivity index (χ3n) is 3.00. The Labute approximate surface area is 135 Å². The van der Waals surface area contributed by atoms with E-state index in [1.807, 2.05) is 0 Å². The van der Waals surface area contributed by atoms with Crippen LogP contribution in [0, 0.1) is 0 Å². The van der Waals surface area contributed by atoms with Gasteiger partial charge in [-0.15, -0.1) is 0 Å². The monoisotopic (exact) mass is 336 g/mol. The second kappa shape index (κ2) is 6.93. The summed E-state index contributed by atoms with van der Waals surface area (Å²) in [5.74, 6) is 0.649. The molecule has 0 aliphatic heterocycles. The largest absolute Gasteiger partial charge is 0.399 e. The Bertz CT molecular complexity index is 793. The van der Waals surface area contributed by atoms with Gasteiger partial charge < -0.3 is 16.2 Å². The van der Waals surface area contributed by atoms with Crippen LogP contribution in [0.1, 0.15) is 12.6 Å². The first kappa shape index (κ1) is 17.2. The first-order valence-corrected chi connectivity index (χ1v) is 9.12. The molecule has 0 radical (unpaired) electrons. The second-order valence-corrected chi connectivity index (χ2v) is 7.63. The number of aliphatic hydroxyl groups excluding tert-OH is 1. The molecule has 0 bridgehead atoms. The third-order valence-corrected chi connectivity index (χ3v) is 3.82.